The number of aromatic nitrogens is 2. The minimum atomic E-state index is 0.184. The lowest BCUT2D eigenvalue weighted by Gasteiger charge is -2.16. The minimum Gasteiger partial charge on any atom is -0.339 e. The second-order valence-electron chi connectivity index (χ2n) is 4.51. The molecule has 0 saturated carbocycles. The van der Waals surface area contributed by atoms with E-state index in [4.69, 9.17) is 0 Å². The molecule has 18 heavy (non-hydrogen) atoms. The fourth-order valence-corrected chi connectivity index (χ4v) is 3.21. The van der Waals surface area contributed by atoms with Crippen molar-refractivity contribution >= 4 is 17.6 Å². The van der Waals surface area contributed by atoms with Gasteiger partial charge >= 0.3 is 0 Å². The van der Waals surface area contributed by atoms with Gasteiger partial charge in [0.1, 0.15) is 5.01 Å². The highest BCUT2D eigenvalue weighted by Gasteiger charge is 2.17. The summed E-state index contributed by atoms with van der Waals surface area (Å²) in [5, 5.41) is 1.10. The Hall–Kier alpha value is -1.42. The highest BCUT2D eigenvalue weighted by Crippen LogP contribution is 2.28. The van der Waals surface area contributed by atoms with Crippen LogP contribution in [0.3, 0.4) is 0 Å². The van der Waals surface area contributed by atoms with E-state index in [1.54, 1.807) is 11.3 Å². The second-order valence-corrected chi connectivity index (χ2v) is 5.66. The van der Waals surface area contributed by atoms with Crippen LogP contribution in [-0.4, -0.2) is 15.8 Å². The van der Waals surface area contributed by atoms with Gasteiger partial charge in [-0.15, -0.1) is 11.3 Å². The molecule has 1 unspecified atom stereocenters. The number of rotatable bonds is 4. The molecule has 0 aliphatic carbocycles. The van der Waals surface area contributed by atoms with E-state index in [0.717, 1.165) is 34.7 Å². The molecule has 0 aliphatic heterocycles. The smallest absolute Gasteiger partial charge is 0.151 e. The van der Waals surface area contributed by atoms with E-state index in [9.17, 15) is 4.79 Å². The average Bonchev–Trinajstić information content (AvgIpc) is 2.93. The Morgan fingerprint density at radius 2 is 2.22 bits per heavy atom. The third-order valence-electron chi connectivity index (χ3n) is 3.32. The van der Waals surface area contributed by atoms with Gasteiger partial charge in [-0.3, -0.25) is 4.79 Å². The predicted molar refractivity (Wildman–Crippen MR) is 74.6 cm³/mol. The van der Waals surface area contributed by atoms with Crippen LogP contribution >= 0.6 is 11.3 Å². The van der Waals surface area contributed by atoms with E-state index in [-0.39, 0.29) is 6.04 Å². The first-order chi connectivity index (χ1) is 8.58. The predicted octanol–water partition coefficient (Wildman–Crippen LogP) is 3.55. The summed E-state index contributed by atoms with van der Waals surface area (Å²) in [5.41, 5.74) is 2.89. The van der Waals surface area contributed by atoms with Crippen LogP contribution in [0.2, 0.25) is 0 Å². The van der Waals surface area contributed by atoms with Crippen molar-refractivity contribution in [3.63, 3.8) is 0 Å². The summed E-state index contributed by atoms with van der Waals surface area (Å²) < 4.78 is 2.18. The lowest BCUT2D eigenvalue weighted by Crippen LogP contribution is -2.10. The van der Waals surface area contributed by atoms with Gasteiger partial charge in [0, 0.05) is 28.0 Å². The Balaban J connectivity index is 2.42. The number of aryl methyl sites for hydroxylation is 2. The number of thiazole rings is 1. The molecule has 0 bridgehead atoms. The molecule has 0 amide bonds. The summed E-state index contributed by atoms with van der Waals surface area (Å²) in [5.74, 6) is 0. The van der Waals surface area contributed by atoms with Crippen LogP contribution in [0, 0.1) is 13.8 Å². The van der Waals surface area contributed by atoms with Gasteiger partial charge in [-0.25, -0.2) is 4.98 Å². The Kier molecular flexibility index (Phi) is 3.66. The number of hydrogen-bond acceptors (Lipinski definition) is 3. The third kappa shape index (κ3) is 2.12. The first-order valence-electron chi connectivity index (χ1n) is 6.16. The summed E-state index contributed by atoms with van der Waals surface area (Å²) in [6, 6.07) is 2.12. The first-order valence-corrected chi connectivity index (χ1v) is 6.98. The van der Waals surface area contributed by atoms with Gasteiger partial charge in [0.05, 0.1) is 6.04 Å². The molecule has 1 atom stereocenters. The van der Waals surface area contributed by atoms with Crippen molar-refractivity contribution in [1.82, 2.24) is 9.55 Å². The summed E-state index contributed by atoms with van der Waals surface area (Å²) in [4.78, 5) is 16.8. The van der Waals surface area contributed by atoms with Crippen molar-refractivity contribution in [1.29, 1.82) is 0 Å². The van der Waals surface area contributed by atoms with Crippen molar-refractivity contribution < 1.29 is 4.79 Å². The van der Waals surface area contributed by atoms with Crippen LogP contribution < -0.4 is 0 Å². The van der Waals surface area contributed by atoms with E-state index in [1.807, 2.05) is 26.1 Å². The normalized spacial score (nSPS) is 12.7. The summed E-state index contributed by atoms with van der Waals surface area (Å²) in [6.07, 6.45) is 3.89. The molecule has 0 spiro atoms. The van der Waals surface area contributed by atoms with E-state index >= 15 is 0 Å². The largest absolute Gasteiger partial charge is 0.339 e. The Labute approximate surface area is 111 Å². The summed E-state index contributed by atoms with van der Waals surface area (Å²) in [6.45, 7) is 8.29. The molecular formula is C14H18N2OS. The monoisotopic (exact) mass is 262 g/mol. The molecule has 0 fully saturated rings. The zero-order chi connectivity index (χ0) is 13.3. The molecule has 2 aromatic rings. The van der Waals surface area contributed by atoms with E-state index in [0.29, 0.717) is 0 Å². The topological polar surface area (TPSA) is 34.9 Å². The number of aldehydes is 1. The number of carbonyl (C=O) groups excluding carboxylic acids is 1. The van der Waals surface area contributed by atoms with Crippen molar-refractivity contribution in [2.45, 2.75) is 40.2 Å². The SMILES string of the molecule is CCc1cnc(C(C)n2c(C)cc(C=O)c2C)s1. The van der Waals surface area contributed by atoms with Crippen LogP contribution in [0.1, 0.15) is 51.5 Å². The fourth-order valence-electron chi connectivity index (χ4n) is 2.31. The molecule has 2 rings (SSSR count). The second kappa shape index (κ2) is 5.06. The van der Waals surface area contributed by atoms with Crippen molar-refractivity contribution in [2.24, 2.45) is 0 Å². The molecule has 0 aliphatic rings. The molecule has 0 N–H and O–H groups in total. The lowest BCUT2D eigenvalue weighted by atomic mass is 10.2. The van der Waals surface area contributed by atoms with Crippen molar-refractivity contribution in [3.8, 4) is 0 Å². The van der Waals surface area contributed by atoms with E-state index in [2.05, 4.69) is 23.4 Å². The van der Waals surface area contributed by atoms with Crippen molar-refractivity contribution in [3.05, 3.63) is 39.1 Å². The Morgan fingerprint density at radius 3 is 2.72 bits per heavy atom. The van der Waals surface area contributed by atoms with Crippen LogP contribution in [-0.2, 0) is 6.42 Å². The lowest BCUT2D eigenvalue weighted by molar-refractivity contribution is 0.112. The minimum absolute atomic E-state index is 0.184. The molecule has 2 aromatic heterocycles. The maximum Gasteiger partial charge on any atom is 0.151 e. The highest BCUT2D eigenvalue weighted by atomic mass is 32.1. The maximum atomic E-state index is 11.0. The molecule has 96 valence electrons. The van der Waals surface area contributed by atoms with Crippen LogP contribution in [0.4, 0.5) is 0 Å². The average molecular weight is 262 g/mol. The van der Waals surface area contributed by atoms with E-state index < -0.39 is 0 Å². The van der Waals surface area contributed by atoms with Gasteiger partial charge in [0.25, 0.3) is 0 Å². The zero-order valence-corrected chi connectivity index (χ0v) is 12.0. The van der Waals surface area contributed by atoms with Crippen LogP contribution in [0.15, 0.2) is 12.3 Å². The molecule has 3 nitrogen and oxygen atoms in total. The van der Waals surface area contributed by atoms with Gasteiger partial charge in [-0.1, -0.05) is 6.92 Å². The number of carbonyl (C=O) groups is 1. The van der Waals surface area contributed by atoms with Crippen molar-refractivity contribution in [2.75, 3.05) is 0 Å². The third-order valence-corrected chi connectivity index (χ3v) is 4.63. The zero-order valence-electron chi connectivity index (χ0n) is 11.2. The van der Waals surface area contributed by atoms with Gasteiger partial charge in [0.2, 0.25) is 0 Å². The van der Waals surface area contributed by atoms with Crippen LogP contribution in [0.25, 0.3) is 0 Å². The molecule has 2 heterocycles. The Morgan fingerprint density at radius 1 is 1.50 bits per heavy atom. The first kappa shape index (κ1) is 13.0. The Bertz CT molecular complexity index is 568. The highest BCUT2D eigenvalue weighted by molar-refractivity contribution is 7.11. The standard InChI is InChI=1S/C14H18N2OS/c1-5-13-7-15-14(18-13)11(4)16-9(2)6-12(8-17)10(16)3/h6-8,11H,5H2,1-4H3. The van der Waals surface area contributed by atoms with Gasteiger partial charge < -0.3 is 4.57 Å². The van der Waals surface area contributed by atoms with Crippen LogP contribution in [0.5, 0.6) is 0 Å². The molecule has 0 aromatic carbocycles. The van der Waals surface area contributed by atoms with Gasteiger partial charge in [-0.05, 0) is 33.3 Å². The molecule has 0 radical (unpaired) electrons. The maximum absolute atomic E-state index is 11.0. The summed E-state index contributed by atoms with van der Waals surface area (Å²) >= 11 is 1.75. The van der Waals surface area contributed by atoms with Gasteiger partial charge in [0.15, 0.2) is 6.29 Å². The molecular weight excluding hydrogens is 244 g/mol. The summed E-state index contributed by atoms with van der Waals surface area (Å²) in [7, 11) is 0. The molecule has 4 heteroatoms. The van der Waals surface area contributed by atoms with E-state index in [1.165, 1.54) is 4.88 Å². The quantitative estimate of drug-likeness (QED) is 0.790. The fraction of sp³-hybridized carbons (Fsp3) is 0.429. The van der Waals surface area contributed by atoms with Gasteiger partial charge in [-0.2, -0.15) is 0 Å². The number of nitrogens with zero attached hydrogens (tertiary/aromatic N) is 2. The number of hydrogen-bond donors (Lipinski definition) is 0. The molecule has 0 saturated heterocycles.